The molecule has 5 heteroatoms. The van der Waals surface area contributed by atoms with E-state index in [-0.39, 0.29) is 0 Å². The monoisotopic (exact) mass is 394 g/mol. The first-order valence-corrected chi connectivity index (χ1v) is 7.82. The first kappa shape index (κ1) is 13.6. The molecule has 0 aliphatic heterocycles. The molecule has 0 saturated carbocycles. The van der Waals surface area contributed by atoms with Crippen molar-refractivity contribution in [1.29, 1.82) is 0 Å². The lowest BCUT2D eigenvalue weighted by Crippen LogP contribution is -1.88. The van der Waals surface area contributed by atoms with Crippen LogP contribution in [0.25, 0.3) is 22.6 Å². The van der Waals surface area contributed by atoms with E-state index in [2.05, 4.69) is 55.9 Å². The topological polar surface area (TPSA) is 52.0 Å². The Bertz CT molecular complexity index is 779. The number of rotatable bonds is 2. The standard InChI is InChI=1S/C15H12Br2N2O/c1-2-8-3-5-9(6-4-8)15-19-14-11(20-15)7-10(16)13(18)12(14)17/h3-7H,2,18H2,1H3. The van der Waals surface area contributed by atoms with Crippen LogP contribution in [0.5, 0.6) is 0 Å². The van der Waals surface area contributed by atoms with E-state index in [0.29, 0.717) is 17.2 Å². The molecule has 3 aromatic rings. The lowest BCUT2D eigenvalue weighted by Gasteiger charge is -1.99. The van der Waals surface area contributed by atoms with Crippen LogP contribution in [0.1, 0.15) is 12.5 Å². The second-order valence-corrected chi connectivity index (χ2v) is 6.15. The SMILES string of the molecule is CCc1ccc(-c2nc3c(Br)c(N)c(Br)cc3o2)cc1. The molecular weight excluding hydrogens is 384 g/mol. The number of fused-ring (bicyclic) bond motifs is 1. The zero-order chi connectivity index (χ0) is 14.3. The molecule has 0 bridgehead atoms. The lowest BCUT2D eigenvalue weighted by atomic mass is 10.1. The molecule has 0 spiro atoms. The van der Waals surface area contributed by atoms with Gasteiger partial charge < -0.3 is 10.2 Å². The fourth-order valence-corrected chi connectivity index (χ4v) is 3.19. The molecule has 1 aromatic heterocycles. The predicted octanol–water partition coefficient (Wildman–Crippen LogP) is 5.16. The highest BCUT2D eigenvalue weighted by Gasteiger charge is 2.14. The summed E-state index contributed by atoms with van der Waals surface area (Å²) in [6.45, 7) is 2.13. The molecule has 3 rings (SSSR count). The molecule has 0 aliphatic rings. The Morgan fingerprint density at radius 2 is 1.90 bits per heavy atom. The minimum atomic E-state index is 0.598. The van der Waals surface area contributed by atoms with Gasteiger partial charge in [-0.15, -0.1) is 0 Å². The average molecular weight is 396 g/mol. The van der Waals surface area contributed by atoms with Gasteiger partial charge in [-0.05, 0) is 62.0 Å². The summed E-state index contributed by atoms with van der Waals surface area (Å²) in [5, 5.41) is 0. The summed E-state index contributed by atoms with van der Waals surface area (Å²) in [5.41, 5.74) is 10.3. The number of hydrogen-bond donors (Lipinski definition) is 1. The molecular formula is C15H12Br2N2O. The van der Waals surface area contributed by atoms with Crippen molar-refractivity contribution in [2.75, 3.05) is 5.73 Å². The van der Waals surface area contributed by atoms with Gasteiger partial charge in [0.1, 0.15) is 5.52 Å². The molecule has 0 unspecified atom stereocenters. The summed E-state index contributed by atoms with van der Waals surface area (Å²) >= 11 is 6.87. The predicted molar refractivity (Wildman–Crippen MR) is 88.6 cm³/mol. The number of anilines is 1. The van der Waals surface area contributed by atoms with E-state index in [0.717, 1.165) is 26.4 Å². The van der Waals surface area contributed by atoms with Gasteiger partial charge in [-0.3, -0.25) is 0 Å². The first-order valence-electron chi connectivity index (χ1n) is 6.23. The van der Waals surface area contributed by atoms with Crippen LogP contribution in [0, 0.1) is 0 Å². The zero-order valence-electron chi connectivity index (χ0n) is 10.8. The fraction of sp³-hybridized carbons (Fsp3) is 0.133. The molecule has 0 amide bonds. The van der Waals surface area contributed by atoms with Crippen LogP contribution in [0.2, 0.25) is 0 Å². The highest BCUT2D eigenvalue weighted by Crippen LogP contribution is 2.37. The lowest BCUT2D eigenvalue weighted by molar-refractivity contribution is 0.619. The van der Waals surface area contributed by atoms with Crippen molar-refractivity contribution in [3.05, 3.63) is 44.8 Å². The van der Waals surface area contributed by atoms with Gasteiger partial charge >= 0.3 is 0 Å². The molecule has 3 nitrogen and oxygen atoms in total. The van der Waals surface area contributed by atoms with Crippen molar-refractivity contribution in [2.45, 2.75) is 13.3 Å². The third kappa shape index (κ3) is 2.25. The molecule has 20 heavy (non-hydrogen) atoms. The summed E-state index contributed by atoms with van der Waals surface area (Å²) in [6.07, 6.45) is 1.02. The maximum absolute atomic E-state index is 5.96. The molecule has 0 fully saturated rings. The van der Waals surface area contributed by atoms with Gasteiger partial charge in [0, 0.05) is 10.0 Å². The van der Waals surface area contributed by atoms with E-state index >= 15 is 0 Å². The Hall–Kier alpha value is -1.33. The summed E-state index contributed by atoms with van der Waals surface area (Å²) in [6, 6.07) is 10.1. The van der Waals surface area contributed by atoms with Crippen molar-refractivity contribution in [1.82, 2.24) is 4.98 Å². The average Bonchev–Trinajstić information content (AvgIpc) is 2.89. The summed E-state index contributed by atoms with van der Waals surface area (Å²) in [5.74, 6) is 0.598. The quantitative estimate of drug-likeness (QED) is 0.609. The third-order valence-corrected chi connectivity index (χ3v) is 4.68. The highest BCUT2D eigenvalue weighted by molar-refractivity contribution is 9.11. The number of halogens is 2. The minimum Gasteiger partial charge on any atom is -0.436 e. The Kier molecular flexibility index (Phi) is 3.56. The van der Waals surface area contributed by atoms with Crippen LogP contribution in [-0.4, -0.2) is 4.98 Å². The smallest absolute Gasteiger partial charge is 0.227 e. The molecule has 0 radical (unpaired) electrons. The van der Waals surface area contributed by atoms with Gasteiger partial charge in [0.15, 0.2) is 5.58 Å². The van der Waals surface area contributed by atoms with Crippen LogP contribution in [0.3, 0.4) is 0 Å². The zero-order valence-corrected chi connectivity index (χ0v) is 14.0. The maximum Gasteiger partial charge on any atom is 0.227 e. The number of hydrogen-bond acceptors (Lipinski definition) is 3. The maximum atomic E-state index is 5.96. The highest BCUT2D eigenvalue weighted by atomic mass is 79.9. The largest absolute Gasteiger partial charge is 0.436 e. The fourth-order valence-electron chi connectivity index (χ4n) is 2.02. The Labute approximate surface area is 133 Å². The van der Waals surface area contributed by atoms with Gasteiger partial charge in [-0.1, -0.05) is 19.1 Å². The Morgan fingerprint density at radius 3 is 2.55 bits per heavy atom. The minimum absolute atomic E-state index is 0.598. The van der Waals surface area contributed by atoms with Gasteiger partial charge in [-0.25, -0.2) is 4.98 Å². The molecule has 102 valence electrons. The van der Waals surface area contributed by atoms with Gasteiger partial charge in [0.05, 0.1) is 10.2 Å². The van der Waals surface area contributed by atoms with E-state index in [9.17, 15) is 0 Å². The van der Waals surface area contributed by atoms with E-state index in [4.69, 9.17) is 10.2 Å². The number of aromatic nitrogens is 1. The molecule has 0 aliphatic carbocycles. The second kappa shape index (κ2) is 5.22. The summed E-state index contributed by atoms with van der Waals surface area (Å²) in [7, 11) is 0. The van der Waals surface area contributed by atoms with Crippen molar-refractivity contribution < 1.29 is 4.42 Å². The van der Waals surface area contributed by atoms with E-state index in [1.807, 2.05) is 18.2 Å². The van der Waals surface area contributed by atoms with Crippen molar-refractivity contribution in [3.63, 3.8) is 0 Å². The first-order chi connectivity index (χ1) is 9.60. The number of nitrogens with zero attached hydrogens (tertiary/aromatic N) is 1. The van der Waals surface area contributed by atoms with Crippen LogP contribution in [0.4, 0.5) is 5.69 Å². The normalized spacial score (nSPS) is 11.2. The molecule has 2 aromatic carbocycles. The molecule has 1 heterocycles. The number of benzene rings is 2. The van der Waals surface area contributed by atoms with E-state index < -0.39 is 0 Å². The number of oxazole rings is 1. The third-order valence-electron chi connectivity index (χ3n) is 3.22. The molecule has 0 saturated heterocycles. The summed E-state index contributed by atoms with van der Waals surface area (Å²) in [4.78, 5) is 4.53. The number of nitrogen functional groups attached to an aromatic ring is 1. The molecule has 2 N–H and O–H groups in total. The van der Waals surface area contributed by atoms with Crippen molar-refractivity contribution in [2.24, 2.45) is 0 Å². The molecule has 0 atom stereocenters. The van der Waals surface area contributed by atoms with Gasteiger partial charge in [0.2, 0.25) is 5.89 Å². The van der Waals surface area contributed by atoms with Gasteiger partial charge in [0.25, 0.3) is 0 Å². The van der Waals surface area contributed by atoms with Crippen LogP contribution >= 0.6 is 31.9 Å². The van der Waals surface area contributed by atoms with Crippen molar-refractivity contribution >= 4 is 48.6 Å². The van der Waals surface area contributed by atoms with Crippen LogP contribution in [0.15, 0.2) is 43.7 Å². The van der Waals surface area contributed by atoms with Gasteiger partial charge in [-0.2, -0.15) is 0 Å². The Morgan fingerprint density at radius 1 is 1.20 bits per heavy atom. The van der Waals surface area contributed by atoms with E-state index in [1.165, 1.54) is 5.56 Å². The van der Waals surface area contributed by atoms with Crippen molar-refractivity contribution in [3.8, 4) is 11.5 Å². The van der Waals surface area contributed by atoms with Crippen LogP contribution < -0.4 is 5.73 Å². The summed E-state index contributed by atoms with van der Waals surface area (Å²) < 4.78 is 7.36. The Balaban J connectivity index is 2.15. The van der Waals surface area contributed by atoms with Crippen LogP contribution in [-0.2, 0) is 6.42 Å². The number of nitrogens with two attached hydrogens (primary N) is 1. The van der Waals surface area contributed by atoms with E-state index in [1.54, 1.807) is 0 Å². The number of aryl methyl sites for hydroxylation is 1. The second-order valence-electron chi connectivity index (χ2n) is 4.50.